The Morgan fingerprint density at radius 2 is 1.79 bits per heavy atom. The van der Waals surface area contributed by atoms with E-state index in [-0.39, 0.29) is 12.3 Å². The first-order chi connectivity index (χ1) is 14.1. The van der Waals surface area contributed by atoms with Gasteiger partial charge in [-0.25, -0.2) is 14.8 Å². The highest BCUT2D eigenvalue weighted by atomic mass is 16.3. The van der Waals surface area contributed by atoms with Crippen molar-refractivity contribution in [3.05, 3.63) is 53.2 Å². The summed E-state index contributed by atoms with van der Waals surface area (Å²) in [7, 11) is 2.15. The number of hydrogen-bond donors (Lipinski definition) is 2. The zero-order chi connectivity index (χ0) is 20.2. The molecule has 0 radical (unpaired) electrons. The van der Waals surface area contributed by atoms with Crippen LogP contribution in [0.5, 0.6) is 0 Å². The third-order valence-electron chi connectivity index (χ3n) is 5.30. The lowest BCUT2D eigenvalue weighted by atomic mass is 10.2. The zero-order valence-corrected chi connectivity index (χ0v) is 16.6. The van der Waals surface area contributed by atoms with Gasteiger partial charge < -0.3 is 20.2 Å². The molecule has 0 unspecified atom stereocenters. The van der Waals surface area contributed by atoms with Crippen LogP contribution in [0.4, 0.5) is 17.2 Å². The number of benzene rings is 1. The molecule has 152 valence electrons. The van der Waals surface area contributed by atoms with Crippen LogP contribution in [0.15, 0.2) is 47.5 Å². The van der Waals surface area contributed by atoms with Crippen molar-refractivity contribution in [1.29, 1.82) is 0 Å². The minimum atomic E-state index is -0.320. The maximum Gasteiger partial charge on any atom is 0.348 e. The Hall–Kier alpha value is -2.97. The van der Waals surface area contributed by atoms with Gasteiger partial charge in [-0.1, -0.05) is 0 Å². The van der Waals surface area contributed by atoms with Gasteiger partial charge in [0, 0.05) is 74.6 Å². The number of piperazine rings is 1. The molecule has 3 aromatic rings. The number of hydrogen-bond acceptors (Lipinski definition) is 7. The van der Waals surface area contributed by atoms with E-state index in [0.717, 1.165) is 42.8 Å². The van der Waals surface area contributed by atoms with Gasteiger partial charge in [0.05, 0.1) is 5.52 Å². The molecule has 2 N–H and O–H groups in total. The molecule has 0 bridgehead atoms. The molecule has 1 aliphatic rings. The summed E-state index contributed by atoms with van der Waals surface area (Å²) in [5.74, 6) is 0.660. The second-order valence-corrected chi connectivity index (χ2v) is 7.36. The maximum absolute atomic E-state index is 12.1. The summed E-state index contributed by atoms with van der Waals surface area (Å²) in [6.07, 6.45) is 3.74. The molecule has 1 saturated heterocycles. The summed E-state index contributed by atoms with van der Waals surface area (Å²) in [4.78, 5) is 25.2. The standard InChI is InChI=1S/C21H26N6O2/c1-25-8-10-26(11-9-25)18-5-3-17(4-6-18)24-20-13-19-16(14-22-20)15-23-21(29)27(19)7-2-12-28/h3-6,13-15,28H,2,7-12H2,1H3,(H,22,24). The molecule has 4 rings (SSSR count). The van der Waals surface area contributed by atoms with E-state index in [4.69, 9.17) is 5.11 Å². The highest BCUT2D eigenvalue weighted by molar-refractivity contribution is 5.80. The van der Waals surface area contributed by atoms with E-state index in [1.807, 2.05) is 18.2 Å². The highest BCUT2D eigenvalue weighted by Gasteiger charge is 2.14. The average Bonchev–Trinajstić information content (AvgIpc) is 2.74. The van der Waals surface area contributed by atoms with Crippen LogP contribution in [0.25, 0.3) is 10.9 Å². The van der Waals surface area contributed by atoms with E-state index in [1.165, 1.54) is 11.9 Å². The van der Waals surface area contributed by atoms with Crippen LogP contribution in [0.3, 0.4) is 0 Å². The number of aliphatic hydroxyl groups excluding tert-OH is 1. The van der Waals surface area contributed by atoms with Crippen LogP contribution in [0, 0.1) is 0 Å². The molecule has 1 aliphatic heterocycles. The third-order valence-corrected chi connectivity index (χ3v) is 5.30. The molecule has 2 aromatic heterocycles. The quantitative estimate of drug-likeness (QED) is 0.658. The van der Waals surface area contributed by atoms with Gasteiger partial charge >= 0.3 is 5.69 Å². The molecule has 0 amide bonds. The fraction of sp³-hybridized carbons (Fsp3) is 0.381. The molecule has 1 fully saturated rings. The summed E-state index contributed by atoms with van der Waals surface area (Å²) < 4.78 is 1.58. The second kappa shape index (κ2) is 8.59. The monoisotopic (exact) mass is 394 g/mol. The number of aliphatic hydroxyl groups is 1. The number of nitrogens with one attached hydrogen (secondary N) is 1. The summed E-state index contributed by atoms with van der Waals surface area (Å²) in [5.41, 5.74) is 2.59. The summed E-state index contributed by atoms with van der Waals surface area (Å²) in [6, 6.07) is 10.2. The van der Waals surface area contributed by atoms with Gasteiger partial charge in [0.15, 0.2) is 0 Å². The average molecular weight is 394 g/mol. The Labute approximate surface area is 169 Å². The highest BCUT2D eigenvalue weighted by Crippen LogP contribution is 2.23. The van der Waals surface area contributed by atoms with E-state index >= 15 is 0 Å². The van der Waals surface area contributed by atoms with E-state index in [2.05, 4.69) is 44.3 Å². The van der Waals surface area contributed by atoms with Crippen molar-refractivity contribution >= 4 is 28.1 Å². The summed E-state index contributed by atoms with van der Waals surface area (Å²) >= 11 is 0. The first-order valence-corrected chi connectivity index (χ1v) is 9.91. The molecule has 0 saturated carbocycles. The lowest BCUT2D eigenvalue weighted by Gasteiger charge is -2.34. The molecular formula is C21H26N6O2. The van der Waals surface area contributed by atoms with Crippen LogP contribution < -0.4 is 15.9 Å². The van der Waals surface area contributed by atoms with Crippen LogP contribution in [0.2, 0.25) is 0 Å². The lowest BCUT2D eigenvalue weighted by molar-refractivity contribution is 0.279. The normalized spacial score (nSPS) is 15.0. The van der Waals surface area contributed by atoms with Crippen LogP contribution in [-0.2, 0) is 6.54 Å². The van der Waals surface area contributed by atoms with Gasteiger partial charge in [-0.05, 0) is 37.7 Å². The van der Waals surface area contributed by atoms with Gasteiger partial charge in [-0.2, -0.15) is 0 Å². The summed E-state index contributed by atoms with van der Waals surface area (Å²) in [5, 5.41) is 13.2. The Morgan fingerprint density at radius 3 is 2.52 bits per heavy atom. The van der Waals surface area contributed by atoms with Crippen molar-refractivity contribution in [1.82, 2.24) is 19.4 Å². The molecule has 0 atom stereocenters. The Morgan fingerprint density at radius 1 is 1.07 bits per heavy atom. The predicted octanol–water partition coefficient (Wildman–Crippen LogP) is 1.67. The number of aryl methyl sites for hydroxylation is 1. The first kappa shape index (κ1) is 19.4. The molecule has 1 aromatic carbocycles. The Kier molecular flexibility index (Phi) is 5.73. The van der Waals surface area contributed by atoms with Gasteiger partial charge in [-0.3, -0.25) is 4.57 Å². The fourth-order valence-corrected chi connectivity index (χ4v) is 3.57. The van der Waals surface area contributed by atoms with Crippen molar-refractivity contribution < 1.29 is 5.11 Å². The van der Waals surface area contributed by atoms with Gasteiger partial charge in [0.1, 0.15) is 5.82 Å². The lowest BCUT2D eigenvalue weighted by Crippen LogP contribution is -2.44. The van der Waals surface area contributed by atoms with E-state index in [1.54, 1.807) is 10.8 Å². The summed E-state index contributed by atoms with van der Waals surface area (Å²) in [6.45, 7) is 4.67. The van der Waals surface area contributed by atoms with Crippen molar-refractivity contribution in [2.75, 3.05) is 50.1 Å². The number of likely N-dealkylation sites (N-methyl/N-ethyl adjacent to an activating group) is 1. The molecule has 0 aliphatic carbocycles. The number of pyridine rings is 1. The zero-order valence-electron chi connectivity index (χ0n) is 16.6. The number of nitrogens with zero attached hydrogens (tertiary/aromatic N) is 5. The molecule has 29 heavy (non-hydrogen) atoms. The molecular weight excluding hydrogens is 368 g/mol. The minimum absolute atomic E-state index is 0.0265. The largest absolute Gasteiger partial charge is 0.396 e. The van der Waals surface area contributed by atoms with Crippen LogP contribution >= 0.6 is 0 Å². The molecule has 0 spiro atoms. The van der Waals surface area contributed by atoms with Crippen molar-refractivity contribution in [2.45, 2.75) is 13.0 Å². The SMILES string of the molecule is CN1CCN(c2ccc(Nc3cc4c(cn3)cnc(=O)n4CCCO)cc2)CC1. The molecule has 3 heterocycles. The Balaban J connectivity index is 1.53. The van der Waals surface area contributed by atoms with E-state index in [9.17, 15) is 4.79 Å². The van der Waals surface area contributed by atoms with E-state index in [0.29, 0.717) is 18.8 Å². The fourth-order valence-electron chi connectivity index (χ4n) is 3.57. The van der Waals surface area contributed by atoms with Crippen LogP contribution in [0.1, 0.15) is 6.42 Å². The number of rotatable bonds is 6. The molecule has 8 heteroatoms. The van der Waals surface area contributed by atoms with Crippen LogP contribution in [-0.4, -0.2) is 64.4 Å². The van der Waals surface area contributed by atoms with Crippen molar-refractivity contribution in [3.63, 3.8) is 0 Å². The second-order valence-electron chi connectivity index (χ2n) is 7.36. The topological polar surface area (TPSA) is 86.5 Å². The van der Waals surface area contributed by atoms with E-state index < -0.39 is 0 Å². The number of fused-ring (bicyclic) bond motifs is 1. The van der Waals surface area contributed by atoms with Gasteiger partial charge in [0.2, 0.25) is 0 Å². The Bertz CT molecular complexity index is 1030. The van der Waals surface area contributed by atoms with Crippen molar-refractivity contribution in [3.8, 4) is 0 Å². The van der Waals surface area contributed by atoms with Gasteiger partial charge in [0.25, 0.3) is 0 Å². The molecule has 8 nitrogen and oxygen atoms in total. The third kappa shape index (κ3) is 4.38. The number of anilines is 3. The van der Waals surface area contributed by atoms with Gasteiger partial charge in [-0.15, -0.1) is 0 Å². The van der Waals surface area contributed by atoms with Crippen molar-refractivity contribution in [2.24, 2.45) is 0 Å². The smallest absolute Gasteiger partial charge is 0.348 e. The first-order valence-electron chi connectivity index (χ1n) is 9.91. The number of aromatic nitrogens is 3. The maximum atomic E-state index is 12.1. The predicted molar refractivity (Wildman–Crippen MR) is 115 cm³/mol. The minimum Gasteiger partial charge on any atom is -0.396 e.